The van der Waals surface area contributed by atoms with Crippen LogP contribution in [-0.2, 0) is 21.2 Å². The van der Waals surface area contributed by atoms with Gasteiger partial charge >= 0.3 is 0 Å². The summed E-state index contributed by atoms with van der Waals surface area (Å²) in [6.45, 7) is 2.77. The predicted octanol–water partition coefficient (Wildman–Crippen LogP) is 1.94. The van der Waals surface area contributed by atoms with Gasteiger partial charge in [-0.1, -0.05) is 35.0 Å². The first-order chi connectivity index (χ1) is 8.49. The molecule has 18 heavy (non-hydrogen) atoms. The van der Waals surface area contributed by atoms with Crippen molar-refractivity contribution in [3.05, 3.63) is 29.8 Å². The Morgan fingerprint density at radius 1 is 1.33 bits per heavy atom. The number of sulfonamides is 1. The van der Waals surface area contributed by atoms with Crippen LogP contribution in [0.2, 0.25) is 0 Å². The summed E-state index contributed by atoms with van der Waals surface area (Å²) in [5.74, 6) is 0. The quantitative estimate of drug-likeness (QED) is 0.774. The molecule has 0 spiro atoms. The predicted molar refractivity (Wildman–Crippen MR) is 75.6 cm³/mol. The van der Waals surface area contributed by atoms with Gasteiger partial charge in [-0.2, -0.15) is 0 Å². The van der Waals surface area contributed by atoms with Crippen molar-refractivity contribution in [3.8, 4) is 0 Å². The third kappa shape index (κ3) is 4.68. The maximum absolute atomic E-state index is 11.7. The summed E-state index contributed by atoms with van der Waals surface area (Å²) in [7, 11) is -1.70. The van der Waals surface area contributed by atoms with Crippen LogP contribution in [0, 0.1) is 0 Å². The molecular weight excluding hydrogens is 318 g/mol. The smallest absolute Gasteiger partial charge is 0.240 e. The maximum atomic E-state index is 11.7. The zero-order valence-electron chi connectivity index (χ0n) is 10.5. The summed E-state index contributed by atoms with van der Waals surface area (Å²) in [4.78, 5) is 0.532. The molecule has 6 heteroatoms. The summed E-state index contributed by atoms with van der Waals surface area (Å²) in [5.41, 5.74) is 1.07. The normalized spacial score (nSPS) is 13.5. The van der Waals surface area contributed by atoms with Gasteiger partial charge in [-0.05, 0) is 24.1 Å². The molecule has 0 saturated carbocycles. The highest BCUT2D eigenvalue weighted by Crippen LogP contribution is 2.14. The summed E-state index contributed by atoms with van der Waals surface area (Å²) in [5, 5.41) is 0. The van der Waals surface area contributed by atoms with E-state index >= 15 is 0 Å². The molecule has 0 aliphatic carbocycles. The lowest BCUT2D eigenvalue weighted by Crippen LogP contribution is -2.23. The number of benzene rings is 1. The minimum absolute atomic E-state index is 0.235. The number of methoxy groups -OCH3 is 1. The Labute approximate surface area is 117 Å². The Kier molecular flexibility index (Phi) is 6.28. The van der Waals surface area contributed by atoms with E-state index in [-0.39, 0.29) is 4.83 Å². The van der Waals surface area contributed by atoms with Gasteiger partial charge in [0.2, 0.25) is 10.0 Å². The zero-order chi connectivity index (χ0) is 13.6. The lowest BCUT2D eigenvalue weighted by molar-refractivity contribution is 0.200. The average molecular weight is 336 g/mol. The highest BCUT2D eigenvalue weighted by molar-refractivity contribution is 9.09. The number of nitrogens with one attached hydrogen (secondary N) is 1. The molecule has 1 unspecified atom stereocenters. The molecule has 0 radical (unpaired) electrons. The van der Waals surface area contributed by atoms with E-state index in [4.69, 9.17) is 4.74 Å². The Bertz CT molecular complexity index is 459. The minimum atomic E-state index is -3.35. The number of hydrogen-bond donors (Lipinski definition) is 1. The number of halogens is 1. The first-order valence-electron chi connectivity index (χ1n) is 5.71. The Morgan fingerprint density at radius 3 is 2.44 bits per heavy atom. The van der Waals surface area contributed by atoms with Gasteiger partial charge in [0.15, 0.2) is 0 Å². The van der Waals surface area contributed by atoms with E-state index < -0.39 is 10.0 Å². The van der Waals surface area contributed by atoms with Crippen molar-refractivity contribution >= 4 is 26.0 Å². The highest BCUT2D eigenvalue weighted by Gasteiger charge is 2.12. The number of ether oxygens (including phenoxy) is 1. The number of hydrogen-bond acceptors (Lipinski definition) is 3. The van der Waals surface area contributed by atoms with Gasteiger partial charge < -0.3 is 4.74 Å². The Balaban J connectivity index is 2.74. The van der Waals surface area contributed by atoms with E-state index in [0.717, 1.165) is 12.0 Å². The molecule has 0 fully saturated rings. The third-order valence-electron chi connectivity index (χ3n) is 2.37. The fourth-order valence-electron chi connectivity index (χ4n) is 1.57. The molecule has 102 valence electrons. The standard InChI is InChI=1S/C12H18BrNO3S/c1-3-14-18(15,16)12-6-4-10(5-7-12)8-11(13)9-17-2/h4-7,11,14H,3,8-9H2,1-2H3. The van der Waals surface area contributed by atoms with Gasteiger partial charge in [-0.3, -0.25) is 0 Å². The van der Waals surface area contributed by atoms with Gasteiger partial charge in [0.1, 0.15) is 0 Å². The molecule has 0 aromatic heterocycles. The van der Waals surface area contributed by atoms with Crippen LogP contribution in [-0.4, -0.2) is 33.5 Å². The van der Waals surface area contributed by atoms with Crippen molar-refractivity contribution in [2.24, 2.45) is 0 Å². The summed E-state index contributed by atoms with van der Waals surface area (Å²) < 4.78 is 31.0. The Morgan fingerprint density at radius 2 is 1.94 bits per heavy atom. The van der Waals surface area contributed by atoms with Crippen molar-refractivity contribution in [1.82, 2.24) is 4.72 Å². The fraction of sp³-hybridized carbons (Fsp3) is 0.500. The van der Waals surface area contributed by atoms with Gasteiger partial charge in [0, 0.05) is 18.5 Å². The summed E-state index contributed by atoms with van der Waals surface area (Å²) >= 11 is 3.50. The van der Waals surface area contributed by atoms with Crippen LogP contribution in [0.1, 0.15) is 12.5 Å². The van der Waals surface area contributed by atoms with Crippen LogP contribution in [0.5, 0.6) is 0 Å². The molecule has 0 bridgehead atoms. The molecule has 1 atom stereocenters. The second-order valence-corrected chi connectivity index (χ2v) is 6.96. The van der Waals surface area contributed by atoms with Crippen LogP contribution in [0.25, 0.3) is 0 Å². The van der Waals surface area contributed by atoms with Gasteiger partial charge in [0.05, 0.1) is 11.5 Å². The molecule has 0 aliphatic heterocycles. The van der Waals surface area contributed by atoms with Crippen molar-refractivity contribution < 1.29 is 13.2 Å². The molecule has 0 heterocycles. The molecule has 1 aromatic rings. The molecular formula is C12H18BrNO3S. The molecule has 0 saturated heterocycles. The molecule has 4 nitrogen and oxygen atoms in total. The topological polar surface area (TPSA) is 55.4 Å². The minimum Gasteiger partial charge on any atom is -0.384 e. The average Bonchev–Trinajstić information content (AvgIpc) is 2.30. The maximum Gasteiger partial charge on any atom is 0.240 e. The first kappa shape index (κ1) is 15.6. The zero-order valence-corrected chi connectivity index (χ0v) is 12.9. The van der Waals surface area contributed by atoms with Gasteiger partial charge in [-0.15, -0.1) is 0 Å². The van der Waals surface area contributed by atoms with Crippen molar-refractivity contribution in [2.75, 3.05) is 20.3 Å². The van der Waals surface area contributed by atoms with E-state index in [1.54, 1.807) is 26.2 Å². The van der Waals surface area contributed by atoms with Crippen molar-refractivity contribution in [1.29, 1.82) is 0 Å². The fourth-order valence-corrected chi connectivity index (χ4v) is 3.25. The van der Waals surface area contributed by atoms with Crippen LogP contribution in [0.4, 0.5) is 0 Å². The van der Waals surface area contributed by atoms with Crippen LogP contribution in [0.3, 0.4) is 0 Å². The highest BCUT2D eigenvalue weighted by atomic mass is 79.9. The van der Waals surface area contributed by atoms with Crippen LogP contribution >= 0.6 is 15.9 Å². The van der Waals surface area contributed by atoms with E-state index in [0.29, 0.717) is 18.0 Å². The third-order valence-corrected chi connectivity index (χ3v) is 4.52. The second kappa shape index (κ2) is 7.23. The van der Waals surface area contributed by atoms with E-state index in [2.05, 4.69) is 20.7 Å². The largest absolute Gasteiger partial charge is 0.384 e. The number of alkyl halides is 1. The molecule has 0 aliphatic rings. The second-order valence-electron chi connectivity index (χ2n) is 3.90. The molecule has 1 aromatic carbocycles. The van der Waals surface area contributed by atoms with Gasteiger partial charge in [-0.25, -0.2) is 13.1 Å². The van der Waals surface area contributed by atoms with E-state index in [9.17, 15) is 8.42 Å². The molecule has 0 amide bonds. The first-order valence-corrected chi connectivity index (χ1v) is 8.11. The van der Waals surface area contributed by atoms with E-state index in [1.807, 2.05) is 12.1 Å². The summed E-state index contributed by atoms with van der Waals surface area (Å²) in [6, 6.07) is 6.90. The van der Waals surface area contributed by atoms with Crippen molar-refractivity contribution in [3.63, 3.8) is 0 Å². The molecule has 1 N–H and O–H groups in total. The lowest BCUT2D eigenvalue weighted by atomic mass is 10.1. The molecule has 1 rings (SSSR count). The van der Waals surface area contributed by atoms with Gasteiger partial charge in [0.25, 0.3) is 0 Å². The van der Waals surface area contributed by atoms with Crippen LogP contribution < -0.4 is 4.72 Å². The number of rotatable bonds is 7. The lowest BCUT2D eigenvalue weighted by Gasteiger charge is -2.09. The van der Waals surface area contributed by atoms with Crippen LogP contribution in [0.15, 0.2) is 29.2 Å². The monoisotopic (exact) mass is 335 g/mol. The SMILES string of the molecule is CCNS(=O)(=O)c1ccc(CC(Br)COC)cc1. The summed E-state index contributed by atoms with van der Waals surface area (Å²) in [6.07, 6.45) is 0.801. The Hall–Kier alpha value is -0.430. The van der Waals surface area contributed by atoms with E-state index in [1.165, 1.54) is 0 Å². The van der Waals surface area contributed by atoms with Crippen molar-refractivity contribution in [2.45, 2.75) is 23.1 Å².